The minimum atomic E-state index is -4.57. The molecule has 27 heavy (non-hydrogen) atoms. The second-order valence-electron chi connectivity index (χ2n) is 6.51. The molecule has 0 saturated carbocycles. The van der Waals surface area contributed by atoms with Crippen LogP contribution >= 0.6 is 0 Å². The Kier molecular flexibility index (Phi) is 4.65. The van der Waals surface area contributed by atoms with Gasteiger partial charge in [-0.3, -0.25) is 9.88 Å². The number of hydrogen-bond donors (Lipinski definition) is 0. The average Bonchev–Trinajstić information content (AvgIpc) is 2.68. The minimum Gasteiger partial charge on any atom is -0.353 e. The van der Waals surface area contributed by atoms with Gasteiger partial charge >= 0.3 is 6.18 Å². The second kappa shape index (κ2) is 7.11. The summed E-state index contributed by atoms with van der Waals surface area (Å²) >= 11 is 0. The van der Waals surface area contributed by atoms with Crippen LogP contribution in [-0.4, -0.2) is 46.0 Å². The predicted molar refractivity (Wildman–Crippen MR) is 96.3 cm³/mol. The number of piperazine rings is 1. The van der Waals surface area contributed by atoms with E-state index < -0.39 is 12.0 Å². The lowest BCUT2D eigenvalue weighted by atomic mass is 10.2. The van der Waals surface area contributed by atoms with E-state index in [1.807, 2.05) is 23.2 Å². The average molecular weight is 373 g/mol. The van der Waals surface area contributed by atoms with Crippen LogP contribution in [0.2, 0.25) is 0 Å². The van der Waals surface area contributed by atoms with Gasteiger partial charge in [0.2, 0.25) is 5.82 Å². The number of pyridine rings is 1. The molecule has 0 atom stereocenters. The highest BCUT2D eigenvalue weighted by atomic mass is 19.4. The van der Waals surface area contributed by atoms with Gasteiger partial charge in [-0.25, -0.2) is 9.97 Å². The second-order valence-corrected chi connectivity index (χ2v) is 6.51. The lowest BCUT2D eigenvalue weighted by molar-refractivity contribution is -0.144. The van der Waals surface area contributed by atoms with Crippen LogP contribution in [0.25, 0.3) is 10.9 Å². The summed E-state index contributed by atoms with van der Waals surface area (Å²) in [6, 6.07) is 10.8. The smallest absolute Gasteiger partial charge is 0.353 e. The summed E-state index contributed by atoms with van der Waals surface area (Å²) in [6.07, 6.45) is -0.999. The highest BCUT2D eigenvalue weighted by Gasteiger charge is 2.36. The fourth-order valence-corrected chi connectivity index (χ4v) is 3.30. The molecule has 1 saturated heterocycles. The zero-order chi connectivity index (χ0) is 18.9. The van der Waals surface area contributed by atoms with Crippen molar-refractivity contribution in [2.75, 3.05) is 31.1 Å². The van der Waals surface area contributed by atoms with E-state index in [2.05, 4.69) is 19.9 Å². The molecule has 0 bridgehead atoms. The number of fused-ring (bicyclic) bond motifs is 1. The number of halogens is 3. The van der Waals surface area contributed by atoms with Gasteiger partial charge in [0.05, 0.1) is 5.52 Å². The third kappa shape index (κ3) is 3.85. The molecule has 0 aliphatic carbocycles. The van der Waals surface area contributed by atoms with E-state index in [0.717, 1.165) is 25.2 Å². The van der Waals surface area contributed by atoms with Crippen molar-refractivity contribution in [2.45, 2.75) is 12.7 Å². The molecule has 0 N–H and O–H groups in total. The molecule has 0 amide bonds. The maximum Gasteiger partial charge on any atom is 0.451 e. The van der Waals surface area contributed by atoms with Gasteiger partial charge in [-0.05, 0) is 23.8 Å². The third-order valence-electron chi connectivity index (χ3n) is 4.64. The third-order valence-corrected chi connectivity index (χ3v) is 4.64. The SMILES string of the molecule is FC(F)(F)c1nc(N2CCN(Cc3cccnc3)CC2)c2ccccc2n1. The quantitative estimate of drug-likeness (QED) is 0.704. The van der Waals surface area contributed by atoms with Crippen LogP contribution in [0.4, 0.5) is 19.0 Å². The molecule has 2 aromatic heterocycles. The van der Waals surface area contributed by atoms with Gasteiger partial charge in [0, 0.05) is 50.5 Å². The highest BCUT2D eigenvalue weighted by Crippen LogP contribution is 2.32. The fourth-order valence-electron chi connectivity index (χ4n) is 3.30. The van der Waals surface area contributed by atoms with Crippen molar-refractivity contribution < 1.29 is 13.2 Å². The zero-order valence-corrected chi connectivity index (χ0v) is 14.5. The molecule has 140 valence electrons. The van der Waals surface area contributed by atoms with Crippen molar-refractivity contribution in [1.82, 2.24) is 19.9 Å². The largest absolute Gasteiger partial charge is 0.451 e. The fraction of sp³-hybridized carbons (Fsp3) is 0.316. The van der Waals surface area contributed by atoms with E-state index in [-0.39, 0.29) is 0 Å². The lowest BCUT2D eigenvalue weighted by Crippen LogP contribution is -2.46. The number of anilines is 1. The van der Waals surface area contributed by atoms with Crippen LogP contribution in [0.15, 0.2) is 48.8 Å². The summed E-state index contributed by atoms with van der Waals surface area (Å²) in [5.41, 5.74) is 1.44. The molecule has 1 aromatic carbocycles. The first-order valence-corrected chi connectivity index (χ1v) is 8.71. The molecule has 1 aliphatic heterocycles. The van der Waals surface area contributed by atoms with E-state index in [1.165, 1.54) is 0 Å². The Morgan fingerprint density at radius 3 is 2.41 bits per heavy atom. The summed E-state index contributed by atoms with van der Waals surface area (Å²) in [5, 5.41) is 0.645. The van der Waals surface area contributed by atoms with Gasteiger partial charge in [-0.1, -0.05) is 18.2 Å². The summed E-state index contributed by atoms with van der Waals surface area (Å²) in [4.78, 5) is 15.9. The van der Waals surface area contributed by atoms with Crippen molar-refractivity contribution in [1.29, 1.82) is 0 Å². The van der Waals surface area contributed by atoms with Crippen LogP contribution in [-0.2, 0) is 12.7 Å². The summed E-state index contributed by atoms with van der Waals surface area (Å²) < 4.78 is 39.6. The van der Waals surface area contributed by atoms with Gasteiger partial charge in [0.15, 0.2) is 0 Å². The Bertz CT molecular complexity index is 922. The number of rotatable bonds is 3. The first-order chi connectivity index (χ1) is 13.0. The molecule has 0 spiro atoms. The highest BCUT2D eigenvalue weighted by molar-refractivity contribution is 5.89. The summed E-state index contributed by atoms with van der Waals surface area (Å²) in [6.45, 7) is 3.49. The van der Waals surface area contributed by atoms with Crippen LogP contribution in [0.5, 0.6) is 0 Å². The molecular formula is C19H18F3N5. The Labute approximate surface area is 154 Å². The number of alkyl halides is 3. The Morgan fingerprint density at radius 1 is 0.926 bits per heavy atom. The first kappa shape index (κ1) is 17.7. The normalized spacial score (nSPS) is 16.0. The summed E-state index contributed by atoms with van der Waals surface area (Å²) in [7, 11) is 0. The van der Waals surface area contributed by atoms with Crippen LogP contribution < -0.4 is 4.90 Å². The van der Waals surface area contributed by atoms with Crippen LogP contribution in [0, 0.1) is 0 Å². The van der Waals surface area contributed by atoms with Gasteiger partial charge in [0.25, 0.3) is 0 Å². The molecule has 5 nitrogen and oxygen atoms in total. The van der Waals surface area contributed by atoms with Crippen molar-refractivity contribution in [3.05, 3.63) is 60.2 Å². The number of aromatic nitrogens is 3. The molecule has 1 aliphatic rings. The summed E-state index contributed by atoms with van der Waals surface area (Å²) in [5.74, 6) is -0.733. The number of para-hydroxylation sites is 1. The van der Waals surface area contributed by atoms with E-state index in [4.69, 9.17) is 0 Å². The molecule has 0 radical (unpaired) electrons. The molecule has 3 aromatic rings. The molecule has 4 rings (SSSR count). The van der Waals surface area contributed by atoms with Gasteiger partial charge < -0.3 is 4.90 Å². The number of nitrogens with zero attached hydrogens (tertiary/aromatic N) is 5. The Morgan fingerprint density at radius 2 is 1.70 bits per heavy atom. The Balaban J connectivity index is 1.56. The molecule has 1 fully saturated rings. The first-order valence-electron chi connectivity index (χ1n) is 8.71. The topological polar surface area (TPSA) is 45.2 Å². The standard InChI is InChI=1S/C19H18F3N5/c20-19(21,22)18-24-16-6-2-1-5-15(16)17(25-18)27-10-8-26(9-11-27)13-14-4-3-7-23-12-14/h1-7,12H,8-11,13H2. The van der Waals surface area contributed by atoms with Gasteiger partial charge in [-0.15, -0.1) is 0 Å². The maximum absolute atomic E-state index is 13.2. The molecular weight excluding hydrogens is 355 g/mol. The van der Waals surface area contributed by atoms with Crippen molar-refractivity contribution >= 4 is 16.7 Å². The van der Waals surface area contributed by atoms with Crippen molar-refractivity contribution in [2.24, 2.45) is 0 Å². The monoisotopic (exact) mass is 373 g/mol. The van der Waals surface area contributed by atoms with Crippen LogP contribution in [0.3, 0.4) is 0 Å². The Hall–Kier alpha value is -2.74. The zero-order valence-electron chi connectivity index (χ0n) is 14.5. The minimum absolute atomic E-state index is 0.313. The van der Waals surface area contributed by atoms with Crippen molar-refractivity contribution in [3.63, 3.8) is 0 Å². The van der Waals surface area contributed by atoms with Crippen LogP contribution in [0.1, 0.15) is 11.4 Å². The van der Waals surface area contributed by atoms with E-state index in [9.17, 15) is 13.2 Å². The molecule has 3 heterocycles. The van der Waals surface area contributed by atoms with Gasteiger partial charge in [-0.2, -0.15) is 13.2 Å². The predicted octanol–water partition coefficient (Wildman–Crippen LogP) is 3.37. The van der Waals surface area contributed by atoms with Crippen molar-refractivity contribution in [3.8, 4) is 0 Å². The number of hydrogen-bond acceptors (Lipinski definition) is 5. The van der Waals surface area contributed by atoms with Gasteiger partial charge in [0.1, 0.15) is 5.82 Å². The number of benzene rings is 1. The van der Waals surface area contributed by atoms with E-state index in [1.54, 1.807) is 30.5 Å². The maximum atomic E-state index is 13.2. The molecule has 0 unspecified atom stereocenters. The molecule has 8 heteroatoms. The van der Waals surface area contributed by atoms with E-state index >= 15 is 0 Å². The lowest BCUT2D eigenvalue weighted by Gasteiger charge is -2.36. The van der Waals surface area contributed by atoms with E-state index in [0.29, 0.717) is 29.8 Å².